The third kappa shape index (κ3) is 4.97. The lowest BCUT2D eigenvalue weighted by atomic mass is 10.1. The minimum atomic E-state index is -0.781. The van der Waals surface area contributed by atoms with Gasteiger partial charge in [-0.3, -0.25) is 9.59 Å². The molecule has 0 aliphatic carbocycles. The standard InChI is InChI=1S/C30H21ClN2O6/c1-2-38-30(37)22-11-5-6-12-23(22)33-27(34)25(31)26(28(33)35)32-20-16-14-19(15-17-20)29(36)39-24-13-7-9-18-8-3-4-10-21(18)24/h3-17,32H,2H2,1H3. The summed E-state index contributed by atoms with van der Waals surface area (Å²) in [7, 11) is 0. The lowest BCUT2D eigenvalue weighted by molar-refractivity contribution is -0.120. The fourth-order valence-corrected chi connectivity index (χ4v) is 4.37. The van der Waals surface area contributed by atoms with Crippen LogP contribution in [0.1, 0.15) is 27.6 Å². The quantitative estimate of drug-likeness (QED) is 0.183. The molecule has 1 aliphatic rings. The van der Waals surface area contributed by atoms with Gasteiger partial charge >= 0.3 is 11.9 Å². The molecule has 0 saturated carbocycles. The number of nitrogens with one attached hydrogen (secondary N) is 1. The Balaban J connectivity index is 1.33. The molecule has 8 nitrogen and oxygen atoms in total. The number of fused-ring (bicyclic) bond motifs is 1. The van der Waals surface area contributed by atoms with Crippen molar-refractivity contribution in [1.29, 1.82) is 0 Å². The van der Waals surface area contributed by atoms with Crippen LogP contribution in [0.3, 0.4) is 0 Å². The van der Waals surface area contributed by atoms with Gasteiger partial charge in [0.05, 0.1) is 23.4 Å². The van der Waals surface area contributed by atoms with Crippen LogP contribution in [0.25, 0.3) is 10.8 Å². The summed E-state index contributed by atoms with van der Waals surface area (Å²) >= 11 is 6.25. The van der Waals surface area contributed by atoms with E-state index in [0.717, 1.165) is 15.7 Å². The number of hydrogen-bond acceptors (Lipinski definition) is 7. The first kappa shape index (κ1) is 25.7. The van der Waals surface area contributed by atoms with Gasteiger partial charge < -0.3 is 14.8 Å². The number of imide groups is 1. The molecule has 0 saturated heterocycles. The number of esters is 2. The van der Waals surface area contributed by atoms with Gasteiger partial charge in [0.15, 0.2) is 0 Å². The van der Waals surface area contributed by atoms with Gasteiger partial charge in [0.2, 0.25) is 0 Å². The zero-order valence-corrected chi connectivity index (χ0v) is 21.4. The first-order chi connectivity index (χ1) is 18.9. The molecule has 9 heteroatoms. The van der Waals surface area contributed by atoms with Crippen LogP contribution >= 0.6 is 11.6 Å². The average molecular weight is 541 g/mol. The van der Waals surface area contributed by atoms with Gasteiger partial charge in [0.1, 0.15) is 16.5 Å². The van der Waals surface area contributed by atoms with Gasteiger partial charge in [-0.25, -0.2) is 14.5 Å². The molecule has 39 heavy (non-hydrogen) atoms. The minimum Gasteiger partial charge on any atom is -0.462 e. The van der Waals surface area contributed by atoms with Crippen LogP contribution in [-0.4, -0.2) is 30.4 Å². The molecular formula is C30H21ClN2O6. The summed E-state index contributed by atoms with van der Waals surface area (Å²) in [6.07, 6.45) is 0. The van der Waals surface area contributed by atoms with Gasteiger partial charge in [-0.05, 0) is 54.8 Å². The van der Waals surface area contributed by atoms with Crippen LogP contribution in [0.15, 0.2) is 102 Å². The summed E-state index contributed by atoms with van der Waals surface area (Å²) in [6.45, 7) is 1.79. The van der Waals surface area contributed by atoms with E-state index in [0.29, 0.717) is 11.4 Å². The molecule has 0 aromatic heterocycles. The number of carbonyl (C=O) groups is 4. The highest BCUT2D eigenvalue weighted by molar-refractivity contribution is 6.53. The molecule has 1 N–H and O–H groups in total. The molecule has 4 aromatic carbocycles. The Labute approximate surface area is 228 Å². The van der Waals surface area contributed by atoms with E-state index in [1.54, 1.807) is 37.3 Å². The maximum atomic E-state index is 13.2. The predicted molar refractivity (Wildman–Crippen MR) is 147 cm³/mol. The van der Waals surface area contributed by atoms with E-state index < -0.39 is 23.8 Å². The summed E-state index contributed by atoms with van der Waals surface area (Å²) in [5.41, 5.74) is 0.651. The van der Waals surface area contributed by atoms with E-state index in [2.05, 4.69) is 5.32 Å². The highest BCUT2D eigenvalue weighted by Gasteiger charge is 2.40. The lowest BCUT2D eigenvalue weighted by Gasteiger charge is -2.18. The predicted octanol–water partition coefficient (Wildman–Crippen LogP) is 5.67. The molecule has 0 unspecified atom stereocenters. The van der Waals surface area contributed by atoms with Gasteiger partial charge in [-0.15, -0.1) is 0 Å². The van der Waals surface area contributed by atoms with Crippen LogP contribution < -0.4 is 15.0 Å². The molecule has 0 spiro atoms. The molecule has 5 rings (SSSR count). The Kier molecular flexibility index (Phi) is 7.12. The van der Waals surface area contributed by atoms with Gasteiger partial charge in [-0.2, -0.15) is 0 Å². The summed E-state index contributed by atoms with van der Waals surface area (Å²) in [6, 6.07) is 25.3. The van der Waals surface area contributed by atoms with Crippen molar-refractivity contribution in [3.8, 4) is 5.75 Å². The minimum absolute atomic E-state index is 0.0563. The second-order valence-corrected chi connectivity index (χ2v) is 8.82. The van der Waals surface area contributed by atoms with Crippen LogP contribution in [-0.2, 0) is 14.3 Å². The fourth-order valence-electron chi connectivity index (χ4n) is 4.16. The second-order valence-electron chi connectivity index (χ2n) is 8.44. The van der Waals surface area contributed by atoms with Crippen molar-refractivity contribution in [2.75, 3.05) is 16.8 Å². The van der Waals surface area contributed by atoms with Gasteiger partial charge in [0, 0.05) is 11.1 Å². The molecule has 0 bridgehead atoms. The summed E-state index contributed by atoms with van der Waals surface area (Å²) < 4.78 is 10.7. The zero-order chi connectivity index (χ0) is 27.5. The maximum Gasteiger partial charge on any atom is 0.343 e. The van der Waals surface area contributed by atoms with Gasteiger partial charge in [0.25, 0.3) is 11.8 Å². The highest BCUT2D eigenvalue weighted by Crippen LogP contribution is 2.33. The van der Waals surface area contributed by atoms with E-state index in [1.165, 1.54) is 24.3 Å². The van der Waals surface area contributed by atoms with Crippen molar-refractivity contribution >= 4 is 57.5 Å². The number of rotatable bonds is 7. The molecular weight excluding hydrogens is 520 g/mol. The van der Waals surface area contributed by atoms with E-state index >= 15 is 0 Å². The normalized spacial score (nSPS) is 13.1. The SMILES string of the molecule is CCOC(=O)c1ccccc1N1C(=O)C(Cl)=C(Nc2ccc(C(=O)Oc3cccc4ccccc34)cc2)C1=O. The smallest absolute Gasteiger partial charge is 0.343 e. The van der Waals surface area contributed by atoms with Crippen LogP contribution in [0.4, 0.5) is 11.4 Å². The molecule has 1 aliphatic heterocycles. The van der Waals surface area contributed by atoms with Crippen molar-refractivity contribution in [2.24, 2.45) is 0 Å². The molecule has 0 atom stereocenters. The molecule has 2 amide bonds. The highest BCUT2D eigenvalue weighted by atomic mass is 35.5. The molecule has 194 valence electrons. The number of carbonyl (C=O) groups excluding carboxylic acids is 4. The second kappa shape index (κ2) is 10.8. The number of amides is 2. The number of halogens is 1. The Morgan fingerprint density at radius 1 is 0.821 bits per heavy atom. The van der Waals surface area contributed by atoms with Gasteiger partial charge in [-0.1, -0.05) is 60.1 Å². The van der Waals surface area contributed by atoms with Crippen LogP contribution in [0.5, 0.6) is 5.75 Å². The van der Waals surface area contributed by atoms with Crippen LogP contribution in [0, 0.1) is 0 Å². The lowest BCUT2D eigenvalue weighted by Crippen LogP contribution is -2.33. The van der Waals surface area contributed by atoms with E-state index in [1.807, 2.05) is 36.4 Å². The molecule has 4 aromatic rings. The van der Waals surface area contributed by atoms with Crippen molar-refractivity contribution in [3.05, 3.63) is 113 Å². The van der Waals surface area contributed by atoms with Crippen molar-refractivity contribution in [2.45, 2.75) is 6.92 Å². The molecule has 1 heterocycles. The molecule has 0 fully saturated rings. The summed E-state index contributed by atoms with van der Waals surface area (Å²) in [5.74, 6) is -2.30. The third-order valence-electron chi connectivity index (χ3n) is 6.01. The number of para-hydroxylation sites is 1. The van der Waals surface area contributed by atoms with E-state index in [4.69, 9.17) is 21.1 Å². The number of benzene rings is 4. The largest absolute Gasteiger partial charge is 0.462 e. The van der Waals surface area contributed by atoms with Crippen molar-refractivity contribution in [1.82, 2.24) is 0 Å². The summed E-state index contributed by atoms with van der Waals surface area (Å²) in [4.78, 5) is 52.1. The fraction of sp³-hybridized carbons (Fsp3) is 0.0667. The Morgan fingerprint density at radius 3 is 2.28 bits per heavy atom. The number of nitrogens with zero attached hydrogens (tertiary/aromatic N) is 1. The molecule has 0 radical (unpaired) electrons. The number of anilines is 2. The Bertz CT molecular complexity index is 1660. The van der Waals surface area contributed by atoms with Crippen molar-refractivity contribution < 1.29 is 28.7 Å². The zero-order valence-electron chi connectivity index (χ0n) is 20.6. The third-order valence-corrected chi connectivity index (χ3v) is 6.36. The first-order valence-corrected chi connectivity index (χ1v) is 12.4. The number of ether oxygens (including phenoxy) is 2. The monoisotopic (exact) mass is 540 g/mol. The summed E-state index contributed by atoms with van der Waals surface area (Å²) in [5, 5.41) is 4.27. The maximum absolute atomic E-state index is 13.2. The Morgan fingerprint density at radius 2 is 1.51 bits per heavy atom. The Hall–Kier alpha value is -4.95. The topological polar surface area (TPSA) is 102 Å². The van der Waals surface area contributed by atoms with Crippen molar-refractivity contribution in [3.63, 3.8) is 0 Å². The number of hydrogen-bond donors (Lipinski definition) is 1. The van der Waals surface area contributed by atoms with E-state index in [-0.39, 0.29) is 34.2 Å². The van der Waals surface area contributed by atoms with Crippen LogP contribution in [0.2, 0.25) is 0 Å². The average Bonchev–Trinajstić information content (AvgIpc) is 3.16. The first-order valence-electron chi connectivity index (χ1n) is 12.0. The van der Waals surface area contributed by atoms with E-state index in [9.17, 15) is 19.2 Å².